The average molecular weight is 623 g/mol. The fourth-order valence-electron chi connectivity index (χ4n) is 5.99. The van der Waals surface area contributed by atoms with E-state index in [4.69, 9.17) is 0 Å². The van der Waals surface area contributed by atoms with Crippen LogP contribution >= 0.6 is 0 Å². The molecule has 0 heterocycles. The maximum absolute atomic E-state index is 3.65. The van der Waals surface area contributed by atoms with Crippen LogP contribution in [0.1, 0.15) is 99.9 Å². The summed E-state index contributed by atoms with van der Waals surface area (Å²) in [6, 6.07) is 16.2. The topological polar surface area (TPSA) is 0 Å². The van der Waals surface area contributed by atoms with Gasteiger partial charge in [0.1, 0.15) is 0 Å². The average Bonchev–Trinajstić information content (AvgIpc) is 3.43. The van der Waals surface area contributed by atoms with Gasteiger partial charge in [0.15, 0.2) is 0 Å². The predicted molar refractivity (Wildman–Crippen MR) is 155 cm³/mol. The minimum Gasteiger partial charge on any atom is -1.00 e. The first-order chi connectivity index (χ1) is 16.7. The van der Waals surface area contributed by atoms with Crippen molar-refractivity contribution in [2.45, 2.75) is 86.5 Å². The Bertz CT molecular complexity index is 1320. The number of halogens is 2. The molecule has 38 heavy (non-hydrogen) atoms. The number of hydrogen-bond donors (Lipinski definition) is 0. The molecule has 3 heteroatoms. The number of hydrogen-bond acceptors (Lipinski definition) is 0. The summed E-state index contributed by atoms with van der Waals surface area (Å²) < 4.78 is 1.51. The van der Waals surface area contributed by atoms with Crippen molar-refractivity contribution >= 4 is 14.4 Å². The first kappa shape index (κ1) is 32.8. The van der Waals surface area contributed by atoms with E-state index in [1.54, 1.807) is 24.2 Å². The largest absolute Gasteiger partial charge is 1.00 e. The van der Waals surface area contributed by atoms with Crippen LogP contribution in [-0.2, 0) is 41.5 Å². The molecule has 0 N–H and O–H groups in total. The molecule has 0 saturated heterocycles. The van der Waals surface area contributed by atoms with Crippen LogP contribution < -0.4 is 24.8 Å². The summed E-state index contributed by atoms with van der Waals surface area (Å²) in [5.74, 6) is 0. The van der Waals surface area contributed by atoms with Crippen LogP contribution in [0.2, 0.25) is 0 Å². The van der Waals surface area contributed by atoms with Crippen LogP contribution in [0, 0.1) is 19.9 Å². The fourth-order valence-corrected chi connectivity index (χ4v) is 5.99. The predicted octanol–water partition coefficient (Wildman–Crippen LogP) is 3.23. The van der Waals surface area contributed by atoms with Crippen molar-refractivity contribution in [1.29, 1.82) is 0 Å². The molecule has 3 aliphatic carbocycles. The van der Waals surface area contributed by atoms with Gasteiger partial charge in [0.25, 0.3) is 0 Å². The van der Waals surface area contributed by atoms with Gasteiger partial charge in [-0.25, -0.2) is 17.2 Å². The Labute approximate surface area is 258 Å². The van der Waals surface area contributed by atoms with Crippen LogP contribution in [0.15, 0.2) is 48.5 Å². The third-order valence-corrected chi connectivity index (χ3v) is 7.50. The second-order valence-corrected chi connectivity index (χ2v) is 14.6. The minimum absolute atomic E-state index is 0. The first-order valence-corrected chi connectivity index (χ1v) is 14.3. The molecule has 0 nitrogen and oxygen atoms in total. The Morgan fingerprint density at radius 3 is 1.79 bits per heavy atom. The molecule has 6 rings (SSSR count). The SMILES string of the molecule is CC1=[C-]C(C)(C)c2cc3c(cc21)-c1cc2c(cc1C3)C(C)(C)C=C2C.C[C](C)=[Zr+2].Cc1c[cH-]c(C)c1.[Cl-].[Cl-]. The van der Waals surface area contributed by atoms with Gasteiger partial charge in [-0.05, 0) is 58.4 Å². The molecule has 0 saturated carbocycles. The smallest absolute Gasteiger partial charge is 0.0635 e. The first-order valence-electron chi connectivity index (χ1n) is 13.1. The third kappa shape index (κ3) is 6.49. The minimum atomic E-state index is 0. The van der Waals surface area contributed by atoms with E-state index in [0.717, 1.165) is 6.42 Å². The number of aryl methyl sites for hydroxylation is 2. The van der Waals surface area contributed by atoms with E-state index in [1.165, 1.54) is 70.0 Å². The van der Waals surface area contributed by atoms with Gasteiger partial charge in [0, 0.05) is 5.41 Å². The summed E-state index contributed by atoms with van der Waals surface area (Å²) >= 11 is 1.55. The second-order valence-electron chi connectivity index (χ2n) is 12.2. The molecule has 3 aromatic carbocycles. The Hall–Kier alpha value is -1.40. The number of benzene rings is 2. The van der Waals surface area contributed by atoms with Crippen molar-refractivity contribution in [3.63, 3.8) is 0 Å². The van der Waals surface area contributed by atoms with Gasteiger partial charge in [-0.3, -0.25) is 6.08 Å². The van der Waals surface area contributed by atoms with E-state index in [1.807, 2.05) is 0 Å². The van der Waals surface area contributed by atoms with E-state index in [9.17, 15) is 0 Å². The van der Waals surface area contributed by atoms with E-state index in [0.29, 0.717) is 0 Å². The van der Waals surface area contributed by atoms with Crippen LogP contribution in [0.3, 0.4) is 0 Å². The Morgan fingerprint density at radius 1 is 0.789 bits per heavy atom. The number of rotatable bonds is 0. The summed E-state index contributed by atoms with van der Waals surface area (Å²) in [4.78, 5) is 0. The zero-order valence-electron chi connectivity index (χ0n) is 24.6. The Morgan fingerprint density at radius 2 is 1.32 bits per heavy atom. The molecular weight excluding hydrogens is 583 g/mol. The van der Waals surface area contributed by atoms with Crippen LogP contribution in [0.4, 0.5) is 0 Å². The van der Waals surface area contributed by atoms with Crippen molar-refractivity contribution in [2.75, 3.05) is 0 Å². The monoisotopic (exact) mass is 620 g/mol. The quantitative estimate of drug-likeness (QED) is 0.265. The van der Waals surface area contributed by atoms with Crippen molar-refractivity contribution < 1.29 is 49.0 Å². The van der Waals surface area contributed by atoms with E-state index in [2.05, 4.69) is 124 Å². The maximum atomic E-state index is 3.65. The van der Waals surface area contributed by atoms with E-state index in [-0.39, 0.29) is 35.6 Å². The number of allylic oxidation sites excluding steroid dienone is 4. The zero-order valence-corrected chi connectivity index (χ0v) is 28.6. The van der Waals surface area contributed by atoms with Crippen LogP contribution in [-0.4, -0.2) is 3.21 Å². The normalized spacial score (nSPS) is 16.0. The van der Waals surface area contributed by atoms with Crippen LogP contribution in [0.25, 0.3) is 22.3 Å². The molecule has 200 valence electrons. The molecule has 0 fully saturated rings. The molecule has 0 aliphatic heterocycles. The Kier molecular flexibility index (Phi) is 10.4. The second kappa shape index (κ2) is 12.0. The summed E-state index contributed by atoms with van der Waals surface area (Å²) in [7, 11) is 0. The van der Waals surface area contributed by atoms with Gasteiger partial charge >= 0.3 is 41.3 Å². The molecule has 3 aromatic rings. The molecular formula is C35H40Cl2Zr-2. The Balaban J connectivity index is 0.000000331. The molecule has 0 bridgehead atoms. The van der Waals surface area contributed by atoms with E-state index < -0.39 is 0 Å². The molecule has 0 atom stereocenters. The molecule has 0 spiro atoms. The van der Waals surface area contributed by atoms with Crippen LogP contribution in [0.5, 0.6) is 0 Å². The third-order valence-electron chi connectivity index (χ3n) is 7.50. The van der Waals surface area contributed by atoms with Gasteiger partial charge in [0.05, 0.1) is 0 Å². The molecule has 0 amide bonds. The van der Waals surface area contributed by atoms with Gasteiger partial charge in [0.2, 0.25) is 0 Å². The maximum Gasteiger partial charge on any atom is -0.0635 e. The molecule has 0 unspecified atom stereocenters. The van der Waals surface area contributed by atoms with E-state index >= 15 is 0 Å². The van der Waals surface area contributed by atoms with Crippen molar-refractivity contribution in [2.24, 2.45) is 0 Å². The van der Waals surface area contributed by atoms with Gasteiger partial charge in [-0.15, -0.1) is 11.6 Å². The van der Waals surface area contributed by atoms with Gasteiger partial charge < -0.3 is 24.8 Å². The fraction of sp³-hybridized carbons (Fsp3) is 0.371. The number of fused-ring (bicyclic) bond motifs is 5. The van der Waals surface area contributed by atoms with Crippen molar-refractivity contribution in [3.05, 3.63) is 99.1 Å². The molecule has 0 aromatic heterocycles. The zero-order chi connectivity index (χ0) is 26.6. The van der Waals surface area contributed by atoms with Crippen molar-refractivity contribution in [3.8, 4) is 11.1 Å². The summed E-state index contributed by atoms with van der Waals surface area (Å²) in [5.41, 5.74) is 17.3. The summed E-state index contributed by atoms with van der Waals surface area (Å²) in [5, 5.41) is 0. The standard InChI is InChI=1S/C25H25.C7H9.C3H6.2ClH.Zr/c1-14-12-24(3,4)22-8-16-7-17-9-23-19(15(2)13-25(23,5)6)11-21(17)20(16)10-18(14)22;1-6-3-4-7(2)5-6;1-3-2;;;/h8-12H,7H2,1-6H3;3-5H,1-2H3;1-2H3;2*1H;/q2*-1;;;;+2/p-2. The van der Waals surface area contributed by atoms with Gasteiger partial charge in [-0.2, -0.15) is 23.3 Å². The summed E-state index contributed by atoms with van der Waals surface area (Å²) in [6.45, 7) is 22.1. The van der Waals surface area contributed by atoms with Crippen molar-refractivity contribution in [1.82, 2.24) is 0 Å². The molecule has 0 radical (unpaired) electrons. The van der Waals surface area contributed by atoms with Gasteiger partial charge in [-0.1, -0.05) is 72.1 Å². The molecule has 3 aliphatic rings. The summed E-state index contributed by atoms with van der Waals surface area (Å²) in [6.07, 6.45) is 7.13.